The molecule has 1 aromatic rings. The first kappa shape index (κ1) is 15.4. The second-order valence-electron chi connectivity index (χ2n) is 2.60. The SMILES string of the molecule is Fc1ccc(OC[B-](F)(F)F)cc1F.[K+]. The minimum Gasteiger partial charge on any atom is -0.522 e. The van der Waals surface area contributed by atoms with Gasteiger partial charge in [0.25, 0.3) is 0 Å². The Morgan fingerprint density at radius 2 is 1.67 bits per heavy atom. The van der Waals surface area contributed by atoms with Crippen molar-refractivity contribution in [3.05, 3.63) is 29.8 Å². The van der Waals surface area contributed by atoms with E-state index in [0.717, 1.165) is 6.07 Å². The zero-order valence-electron chi connectivity index (χ0n) is 7.81. The van der Waals surface area contributed by atoms with Gasteiger partial charge in [-0.3, -0.25) is 0 Å². The standard InChI is InChI=1S/C7H5BF5O.K/c9-6-2-1-5(3-7(6)10)14-4-8(11,12)13;/h1-3H,4H2;/q-1;+1. The molecule has 0 N–H and O–H groups in total. The Morgan fingerprint density at radius 1 is 1.07 bits per heavy atom. The molecule has 0 saturated heterocycles. The predicted molar refractivity (Wildman–Crippen MR) is 40.9 cm³/mol. The van der Waals surface area contributed by atoms with Crippen molar-refractivity contribution in [3.8, 4) is 5.75 Å². The van der Waals surface area contributed by atoms with Crippen LogP contribution < -0.4 is 56.1 Å². The summed E-state index contributed by atoms with van der Waals surface area (Å²) < 4.78 is 64.1. The molecule has 0 aromatic heterocycles. The fourth-order valence-electron chi connectivity index (χ4n) is 0.757. The molecule has 0 atom stereocenters. The molecule has 0 fully saturated rings. The summed E-state index contributed by atoms with van der Waals surface area (Å²) in [5.41, 5.74) is 0. The maximum Gasteiger partial charge on any atom is 1.00 e. The van der Waals surface area contributed by atoms with E-state index in [1.54, 1.807) is 0 Å². The minimum absolute atomic E-state index is 0. The molecule has 0 amide bonds. The third-order valence-corrected chi connectivity index (χ3v) is 1.33. The second kappa shape index (κ2) is 6.19. The second-order valence-corrected chi connectivity index (χ2v) is 2.60. The first-order chi connectivity index (χ1) is 6.38. The minimum atomic E-state index is -5.09. The van der Waals surface area contributed by atoms with E-state index < -0.39 is 25.1 Å². The summed E-state index contributed by atoms with van der Waals surface area (Å²) >= 11 is 0. The van der Waals surface area contributed by atoms with Crippen molar-refractivity contribution in [2.45, 2.75) is 0 Å². The molecule has 78 valence electrons. The van der Waals surface area contributed by atoms with Crippen LogP contribution in [-0.2, 0) is 0 Å². The molecule has 1 nitrogen and oxygen atoms in total. The van der Waals surface area contributed by atoms with Gasteiger partial charge in [-0.2, -0.15) is 0 Å². The summed E-state index contributed by atoms with van der Waals surface area (Å²) in [6, 6.07) is 2.20. The van der Waals surface area contributed by atoms with Gasteiger partial charge in [0.2, 0.25) is 0 Å². The average Bonchev–Trinajstić information content (AvgIpc) is 2.06. The van der Waals surface area contributed by atoms with Gasteiger partial charge in [0, 0.05) is 6.07 Å². The van der Waals surface area contributed by atoms with Crippen molar-refractivity contribution in [2.24, 2.45) is 0 Å². The van der Waals surface area contributed by atoms with Crippen LogP contribution in [0.3, 0.4) is 0 Å². The topological polar surface area (TPSA) is 9.23 Å². The fraction of sp³-hybridized carbons (Fsp3) is 0.143. The summed E-state index contributed by atoms with van der Waals surface area (Å²) in [6.45, 7) is -6.55. The van der Waals surface area contributed by atoms with Crippen LogP contribution in [0.1, 0.15) is 0 Å². The van der Waals surface area contributed by atoms with Crippen LogP contribution in [0.15, 0.2) is 18.2 Å². The van der Waals surface area contributed by atoms with E-state index in [2.05, 4.69) is 4.74 Å². The van der Waals surface area contributed by atoms with Crippen LogP contribution in [0.4, 0.5) is 21.7 Å². The molecule has 0 aliphatic heterocycles. The van der Waals surface area contributed by atoms with Crippen molar-refractivity contribution < 1.29 is 77.8 Å². The molecule has 0 spiro atoms. The third kappa shape index (κ3) is 5.86. The molecular formula is C7H5BF5KO. The number of hydrogen-bond donors (Lipinski definition) is 0. The van der Waals surface area contributed by atoms with Gasteiger partial charge in [-0.25, -0.2) is 8.78 Å². The van der Waals surface area contributed by atoms with Crippen molar-refractivity contribution in [3.63, 3.8) is 0 Å². The van der Waals surface area contributed by atoms with Crippen molar-refractivity contribution in [1.29, 1.82) is 0 Å². The van der Waals surface area contributed by atoms with Crippen LogP contribution >= 0.6 is 0 Å². The van der Waals surface area contributed by atoms with Gasteiger partial charge in [-0.1, -0.05) is 0 Å². The first-order valence-corrected chi connectivity index (χ1v) is 3.67. The zero-order chi connectivity index (χ0) is 10.8. The van der Waals surface area contributed by atoms with Crippen molar-refractivity contribution >= 4 is 6.98 Å². The molecule has 0 aliphatic rings. The number of benzene rings is 1. The molecule has 0 unspecified atom stereocenters. The predicted octanol–water partition coefficient (Wildman–Crippen LogP) is -0.266. The van der Waals surface area contributed by atoms with Crippen molar-refractivity contribution in [2.75, 3.05) is 6.51 Å². The summed E-state index contributed by atoms with van der Waals surface area (Å²) in [5, 5.41) is 0. The molecule has 0 heterocycles. The van der Waals surface area contributed by atoms with Crippen LogP contribution in [0.5, 0.6) is 5.75 Å². The molecule has 0 aliphatic carbocycles. The molecule has 0 bridgehead atoms. The largest absolute Gasteiger partial charge is 1.00 e. The normalized spacial score (nSPS) is 10.7. The maximum atomic E-state index is 12.5. The zero-order valence-corrected chi connectivity index (χ0v) is 10.9. The van der Waals surface area contributed by atoms with E-state index >= 15 is 0 Å². The molecule has 0 saturated carbocycles. The summed E-state index contributed by atoms with van der Waals surface area (Å²) in [7, 11) is 0. The fourth-order valence-corrected chi connectivity index (χ4v) is 0.757. The van der Waals surface area contributed by atoms with E-state index in [1.807, 2.05) is 0 Å². The van der Waals surface area contributed by atoms with E-state index in [0.29, 0.717) is 12.1 Å². The van der Waals surface area contributed by atoms with E-state index in [1.165, 1.54) is 0 Å². The van der Waals surface area contributed by atoms with Gasteiger partial charge in [-0.05, 0) is 12.1 Å². The molecule has 15 heavy (non-hydrogen) atoms. The molecule has 1 rings (SSSR count). The van der Waals surface area contributed by atoms with Gasteiger partial charge in [0.15, 0.2) is 11.6 Å². The molecule has 1 aromatic carbocycles. The average molecular weight is 250 g/mol. The van der Waals surface area contributed by atoms with Crippen LogP contribution in [-0.4, -0.2) is 13.5 Å². The Balaban J connectivity index is 0.00000196. The van der Waals surface area contributed by atoms with E-state index in [-0.39, 0.29) is 57.1 Å². The molecule has 8 heteroatoms. The van der Waals surface area contributed by atoms with Gasteiger partial charge in [0.05, 0.1) is 6.51 Å². The smallest absolute Gasteiger partial charge is 0.522 e. The Kier molecular flexibility index (Phi) is 6.34. The van der Waals surface area contributed by atoms with Crippen LogP contribution in [0, 0.1) is 11.6 Å². The Hall–Kier alpha value is 0.371. The van der Waals surface area contributed by atoms with Crippen LogP contribution in [0.25, 0.3) is 0 Å². The number of halogens is 5. The Morgan fingerprint density at radius 3 is 2.13 bits per heavy atom. The first-order valence-electron chi connectivity index (χ1n) is 3.67. The van der Waals surface area contributed by atoms with Gasteiger partial charge < -0.3 is 17.7 Å². The molecular weight excluding hydrogens is 245 g/mol. The summed E-state index contributed by atoms with van der Waals surface area (Å²) in [6.07, 6.45) is 0. The molecule has 0 radical (unpaired) electrons. The van der Waals surface area contributed by atoms with Gasteiger partial charge in [-0.15, -0.1) is 0 Å². The van der Waals surface area contributed by atoms with E-state index in [4.69, 9.17) is 0 Å². The summed E-state index contributed by atoms with van der Waals surface area (Å²) in [5.74, 6) is -2.71. The third-order valence-electron chi connectivity index (χ3n) is 1.33. The number of rotatable bonds is 3. The maximum absolute atomic E-state index is 12.5. The quantitative estimate of drug-likeness (QED) is 0.530. The Bertz CT molecular complexity index is 330. The monoisotopic (exact) mass is 250 g/mol. The number of hydrogen-bond acceptors (Lipinski definition) is 1. The van der Waals surface area contributed by atoms with Crippen molar-refractivity contribution in [1.82, 2.24) is 0 Å². The Labute approximate surface area is 125 Å². The van der Waals surface area contributed by atoms with Gasteiger partial charge in [0.1, 0.15) is 5.75 Å². The summed E-state index contributed by atoms with van der Waals surface area (Å²) in [4.78, 5) is 0. The number of ether oxygens (including phenoxy) is 1. The van der Waals surface area contributed by atoms with Gasteiger partial charge >= 0.3 is 58.4 Å². The van der Waals surface area contributed by atoms with Crippen LogP contribution in [0.2, 0.25) is 0 Å². The van der Waals surface area contributed by atoms with E-state index in [9.17, 15) is 21.7 Å².